The highest BCUT2D eigenvalue weighted by atomic mass is 31.2. The fourth-order valence-corrected chi connectivity index (χ4v) is 5.76. The van der Waals surface area contributed by atoms with Gasteiger partial charge in [0.15, 0.2) is 12.0 Å². The van der Waals surface area contributed by atoms with Gasteiger partial charge in [-0.1, -0.05) is 36.4 Å². The molecule has 0 radical (unpaired) electrons. The van der Waals surface area contributed by atoms with Crippen LogP contribution in [0.1, 0.15) is 30.9 Å². The van der Waals surface area contributed by atoms with Crippen molar-refractivity contribution < 1.29 is 47.0 Å². The molecule has 2 aromatic carbocycles. The quantitative estimate of drug-likeness (QED) is 0.0784. The highest BCUT2D eigenvalue weighted by Crippen LogP contribution is 2.40. The molecule has 45 heavy (non-hydrogen) atoms. The Balaban J connectivity index is 1.70. The number of benzene rings is 2. The molecule has 0 bridgehead atoms. The van der Waals surface area contributed by atoms with Crippen LogP contribution >= 0.6 is 7.60 Å². The molecule has 3 N–H and O–H groups in total. The van der Waals surface area contributed by atoms with E-state index in [9.17, 15) is 37.5 Å². The van der Waals surface area contributed by atoms with Gasteiger partial charge in [-0.25, -0.2) is 8.78 Å². The lowest BCUT2D eigenvalue weighted by Gasteiger charge is -2.55. The van der Waals surface area contributed by atoms with E-state index in [4.69, 9.17) is 9.47 Å². The summed E-state index contributed by atoms with van der Waals surface area (Å²) in [5.41, 5.74) is -0.753. The van der Waals surface area contributed by atoms with Crippen LogP contribution in [0.4, 0.5) is 8.78 Å². The van der Waals surface area contributed by atoms with Crippen LogP contribution in [0.2, 0.25) is 0 Å². The van der Waals surface area contributed by atoms with E-state index in [-0.39, 0.29) is 62.6 Å². The lowest BCUT2D eigenvalue weighted by molar-refractivity contribution is -0.183. The number of rotatable bonds is 12. The van der Waals surface area contributed by atoms with Gasteiger partial charge in [-0.15, -0.1) is 0 Å². The van der Waals surface area contributed by atoms with Gasteiger partial charge in [0.1, 0.15) is 29.7 Å². The van der Waals surface area contributed by atoms with E-state index in [1.807, 2.05) is 30.3 Å². The van der Waals surface area contributed by atoms with Gasteiger partial charge in [-0.3, -0.25) is 24.0 Å². The average Bonchev–Trinajstić information content (AvgIpc) is 3.49. The molecule has 2 fully saturated rings. The largest absolute Gasteiger partial charge is 0.491 e. The van der Waals surface area contributed by atoms with Crippen molar-refractivity contribution in [3.05, 3.63) is 94.5 Å². The van der Waals surface area contributed by atoms with Gasteiger partial charge in [0.05, 0.1) is 24.9 Å². The molecule has 2 heterocycles. The predicted octanol–water partition coefficient (Wildman–Crippen LogP) is 2.79. The fourth-order valence-electron chi connectivity index (χ4n) is 5.21. The molecule has 0 aromatic heterocycles. The third kappa shape index (κ3) is 8.02. The molecule has 2 saturated heterocycles. The highest BCUT2D eigenvalue weighted by Gasteiger charge is 2.54. The summed E-state index contributed by atoms with van der Waals surface area (Å²) in [6, 6.07) is 12.1. The predicted molar refractivity (Wildman–Crippen MR) is 157 cm³/mol. The number of ether oxygens (including phenoxy) is 2. The molecule has 2 amide bonds. The first-order valence-corrected chi connectivity index (χ1v) is 15.9. The molecule has 2 aliphatic rings. The zero-order valence-corrected chi connectivity index (χ0v) is 25.7. The van der Waals surface area contributed by atoms with Crippen molar-refractivity contribution in [1.82, 2.24) is 20.2 Å². The summed E-state index contributed by atoms with van der Waals surface area (Å²) in [5, 5.41) is 5.40. The second-order valence-corrected chi connectivity index (χ2v) is 12.4. The summed E-state index contributed by atoms with van der Waals surface area (Å²) in [4.78, 5) is 59.9. The number of nitrogens with one attached hydrogen (secondary N) is 1. The van der Waals surface area contributed by atoms with Crippen molar-refractivity contribution in [2.75, 3.05) is 33.0 Å². The van der Waals surface area contributed by atoms with Gasteiger partial charge >= 0.3 is 7.60 Å². The van der Waals surface area contributed by atoms with Crippen molar-refractivity contribution in [1.29, 1.82) is 0 Å². The molecule has 4 rings (SSSR count). The topological polar surface area (TPSA) is 149 Å². The van der Waals surface area contributed by atoms with Crippen LogP contribution in [0.3, 0.4) is 0 Å². The van der Waals surface area contributed by atoms with Crippen LogP contribution in [0, 0.1) is 11.6 Å². The lowest BCUT2D eigenvalue weighted by Crippen LogP contribution is -2.70. The van der Waals surface area contributed by atoms with Crippen LogP contribution in [0.5, 0.6) is 0 Å². The molecule has 0 saturated carbocycles. The smallest absolute Gasteiger partial charge is 0.325 e. The first-order valence-electron chi connectivity index (χ1n) is 14.1. The number of carbonyl (C=O) groups excluding carboxylic acids is 3. The monoisotopic (exact) mass is 648 g/mol. The number of hydrogen-bond donors (Lipinski definition) is 3. The molecule has 2 aliphatic heterocycles. The minimum atomic E-state index is -4.34. The second kappa shape index (κ2) is 14.4. The van der Waals surface area contributed by atoms with Crippen LogP contribution in [0.25, 0.3) is 0 Å². The van der Waals surface area contributed by atoms with Crippen LogP contribution in [-0.2, 0) is 41.6 Å². The number of aldehydes is 1. The number of allylic oxidation sites excluding steroid dienone is 1. The van der Waals surface area contributed by atoms with E-state index in [0.29, 0.717) is 12.5 Å². The molecule has 15 heteroatoms. The molecular formula is C30H35F2N4O8P. The Morgan fingerprint density at radius 1 is 1.20 bits per heavy atom. The van der Waals surface area contributed by atoms with Gasteiger partial charge in [0.25, 0.3) is 11.8 Å². The first kappa shape index (κ1) is 33.9. The maximum atomic E-state index is 14.2. The van der Waals surface area contributed by atoms with Crippen LogP contribution in [0.15, 0.2) is 71.8 Å². The molecule has 1 atom stereocenters. The molecule has 12 nitrogen and oxygen atoms in total. The Morgan fingerprint density at radius 3 is 2.56 bits per heavy atom. The normalized spacial score (nSPS) is 20.5. The number of carbonyl (C=O) groups is 3. The Bertz CT molecular complexity index is 1530. The lowest BCUT2D eigenvalue weighted by atomic mass is 10.0. The Hall–Kier alpha value is -3.94. The zero-order valence-electron chi connectivity index (χ0n) is 24.8. The number of likely N-dealkylation sites (N-methyl/N-ethyl adjacent to an activating group) is 1. The Labute approximate surface area is 259 Å². The maximum Gasteiger partial charge on any atom is 0.325 e. The number of amides is 2. The molecular weight excluding hydrogens is 613 g/mol. The summed E-state index contributed by atoms with van der Waals surface area (Å²) in [6.07, 6.45) is 1.34. The van der Waals surface area contributed by atoms with Crippen molar-refractivity contribution in [2.24, 2.45) is 0 Å². The van der Waals surface area contributed by atoms with Crippen molar-refractivity contribution >= 4 is 25.7 Å². The van der Waals surface area contributed by atoms with E-state index in [2.05, 4.69) is 5.32 Å². The third-order valence-electron chi connectivity index (χ3n) is 7.65. The number of nitrogens with zero attached hydrogens (tertiary/aromatic N) is 3. The van der Waals surface area contributed by atoms with Crippen molar-refractivity contribution in [3.8, 4) is 0 Å². The highest BCUT2D eigenvalue weighted by molar-refractivity contribution is 7.51. The third-order valence-corrected chi connectivity index (χ3v) is 8.55. The van der Waals surface area contributed by atoms with Gasteiger partial charge in [0, 0.05) is 44.4 Å². The Kier molecular flexibility index (Phi) is 10.9. The zero-order chi connectivity index (χ0) is 32.8. The summed E-state index contributed by atoms with van der Waals surface area (Å²) < 4.78 is 50.7. The molecule has 1 spiro atoms. The van der Waals surface area contributed by atoms with Crippen molar-refractivity contribution in [3.63, 3.8) is 0 Å². The Morgan fingerprint density at radius 2 is 1.93 bits per heavy atom. The standard InChI is InChI=1S/C30H35F2N4O8P/c1-21(44-19-22-7-4-3-5-8-22)27-29(39)35(12-6-14-45(40,41)42)30(11-13-43-20-30)34(2)36(27)17-24(18-37)28(38)33-16-23-9-10-25(31)15-26(23)32/h3-5,7-10,15,17-18H,6,11-14,16,19-20H2,1-2H3,(H,33,38)(H2,40,41,42)/b24-17+,27-21+. The molecule has 1 unspecified atom stereocenters. The summed E-state index contributed by atoms with van der Waals surface area (Å²) in [7, 11) is -2.70. The minimum absolute atomic E-state index is 0.000581. The van der Waals surface area contributed by atoms with Gasteiger partial charge < -0.3 is 29.5 Å². The van der Waals surface area contributed by atoms with Crippen LogP contribution < -0.4 is 5.32 Å². The van der Waals surface area contributed by atoms with Gasteiger partial charge in [-0.2, -0.15) is 5.01 Å². The summed E-state index contributed by atoms with van der Waals surface area (Å²) >= 11 is 0. The maximum absolute atomic E-state index is 14.2. The van der Waals surface area contributed by atoms with E-state index in [0.717, 1.165) is 11.6 Å². The van der Waals surface area contributed by atoms with Gasteiger partial charge in [-0.05, 0) is 25.0 Å². The minimum Gasteiger partial charge on any atom is -0.491 e. The molecule has 2 aromatic rings. The SMILES string of the molecule is C/C(OCc1ccccc1)=C1/C(=O)N(CCCP(=O)(O)O)C2(CCOC2)N(C)N1/C=C(\C=O)C(=O)NCc1ccc(F)cc1F. The first-order chi connectivity index (χ1) is 21.4. The molecule has 0 aliphatic carbocycles. The van der Waals surface area contributed by atoms with E-state index < -0.39 is 48.4 Å². The van der Waals surface area contributed by atoms with Gasteiger partial charge in [0.2, 0.25) is 0 Å². The summed E-state index contributed by atoms with van der Waals surface area (Å²) in [6.45, 7) is 1.62. The average molecular weight is 649 g/mol. The van der Waals surface area contributed by atoms with E-state index in [1.54, 1.807) is 19.0 Å². The number of hydrazine groups is 1. The van der Waals surface area contributed by atoms with Crippen LogP contribution in [-0.4, -0.2) is 81.4 Å². The number of hydrogen-bond acceptors (Lipinski definition) is 8. The fraction of sp³-hybridized carbons (Fsp3) is 0.367. The summed E-state index contributed by atoms with van der Waals surface area (Å²) in [5.74, 6) is -2.94. The van der Waals surface area contributed by atoms with E-state index in [1.165, 1.54) is 22.2 Å². The second-order valence-electron chi connectivity index (χ2n) is 10.7. The number of halogens is 2. The van der Waals surface area contributed by atoms with Crippen molar-refractivity contribution in [2.45, 2.75) is 38.6 Å². The van der Waals surface area contributed by atoms with E-state index >= 15 is 0 Å². The molecule has 242 valence electrons.